The molecule has 5 nitrogen and oxygen atoms in total. The maximum Gasteiger partial charge on any atom is 0.246 e. The number of benzene rings is 2. The van der Waals surface area contributed by atoms with Crippen molar-refractivity contribution >= 4 is 35.2 Å². The molecular formula is C28H34Cl2N2O3. The van der Waals surface area contributed by atoms with Crippen molar-refractivity contribution in [3.63, 3.8) is 0 Å². The molecule has 0 saturated carbocycles. The summed E-state index contributed by atoms with van der Waals surface area (Å²) in [5, 5.41) is 11.2. The Bertz CT molecular complexity index is 1010. The molecule has 1 amide bonds. The molecule has 0 spiro atoms. The minimum absolute atomic E-state index is 0.00961. The van der Waals surface area contributed by atoms with E-state index < -0.39 is 0 Å². The zero-order chi connectivity index (χ0) is 24.8. The average Bonchev–Trinajstić information content (AvgIpc) is 2.90. The quantitative estimate of drug-likeness (QED) is 0.494. The van der Waals surface area contributed by atoms with Gasteiger partial charge in [-0.15, -0.1) is 0 Å². The van der Waals surface area contributed by atoms with Crippen LogP contribution < -0.4 is 4.74 Å². The number of aliphatic hydroxyl groups excluding tert-OH is 1. The van der Waals surface area contributed by atoms with Crippen LogP contribution in [0.15, 0.2) is 48.5 Å². The Morgan fingerprint density at radius 2 is 1.71 bits per heavy atom. The number of piperidine rings is 2. The Morgan fingerprint density at radius 3 is 2.31 bits per heavy atom. The van der Waals surface area contributed by atoms with E-state index in [1.54, 1.807) is 31.4 Å². The van der Waals surface area contributed by atoms with Crippen LogP contribution in [0.5, 0.6) is 5.75 Å². The Kier molecular flexibility index (Phi) is 9.12. The van der Waals surface area contributed by atoms with Crippen molar-refractivity contribution in [2.24, 2.45) is 5.92 Å². The molecule has 2 aliphatic heterocycles. The Balaban J connectivity index is 1.26. The van der Waals surface area contributed by atoms with Crippen LogP contribution in [-0.2, 0) is 4.79 Å². The molecule has 0 aromatic heterocycles. The van der Waals surface area contributed by atoms with Gasteiger partial charge in [-0.05, 0) is 92.1 Å². The van der Waals surface area contributed by atoms with Gasteiger partial charge in [0.25, 0.3) is 0 Å². The second kappa shape index (κ2) is 12.3. The smallest absolute Gasteiger partial charge is 0.246 e. The molecule has 2 heterocycles. The lowest BCUT2D eigenvalue weighted by molar-refractivity contribution is -0.127. The third-order valence-electron chi connectivity index (χ3n) is 7.53. The minimum Gasteiger partial charge on any atom is -0.497 e. The van der Waals surface area contributed by atoms with Crippen molar-refractivity contribution in [2.75, 3.05) is 39.9 Å². The Labute approximate surface area is 218 Å². The van der Waals surface area contributed by atoms with Gasteiger partial charge in [-0.3, -0.25) is 9.69 Å². The maximum absolute atomic E-state index is 12.7. The molecule has 4 rings (SSSR count). The summed E-state index contributed by atoms with van der Waals surface area (Å²) in [5.74, 6) is 1.86. The molecule has 7 heteroatoms. The highest BCUT2D eigenvalue weighted by Gasteiger charge is 2.33. The first-order valence-electron chi connectivity index (χ1n) is 12.4. The molecule has 2 aliphatic rings. The molecule has 1 atom stereocenters. The van der Waals surface area contributed by atoms with E-state index >= 15 is 0 Å². The monoisotopic (exact) mass is 516 g/mol. The molecule has 0 bridgehead atoms. The number of nitrogens with zero attached hydrogens (tertiary/aromatic N) is 2. The zero-order valence-corrected chi connectivity index (χ0v) is 21.7. The van der Waals surface area contributed by atoms with Gasteiger partial charge in [0.05, 0.1) is 23.8 Å². The van der Waals surface area contributed by atoms with Crippen LogP contribution in [0.4, 0.5) is 0 Å². The van der Waals surface area contributed by atoms with Crippen molar-refractivity contribution in [1.29, 1.82) is 0 Å². The lowest BCUT2D eigenvalue weighted by Gasteiger charge is -2.43. The molecule has 2 saturated heterocycles. The van der Waals surface area contributed by atoms with Crippen LogP contribution in [0, 0.1) is 5.92 Å². The molecule has 2 aromatic rings. The van der Waals surface area contributed by atoms with Gasteiger partial charge in [0.1, 0.15) is 5.75 Å². The standard InChI is InChI=1S/C28H34Cl2N2O3/c1-35-24-6-4-21(5-7-24)22-10-14-31(15-11-22)27(19-33)23-12-16-32(17-13-23)28(34)9-3-20-2-8-25(29)26(30)18-20/h2-9,18,22-23,27,33H,10-17,19H2,1H3/b9-3+. The number of rotatable bonds is 7. The fourth-order valence-electron chi connectivity index (χ4n) is 5.40. The number of carbonyl (C=O) groups excluding carboxylic acids is 1. The predicted octanol–water partition coefficient (Wildman–Crippen LogP) is 5.49. The van der Waals surface area contributed by atoms with Gasteiger partial charge in [-0.1, -0.05) is 41.4 Å². The van der Waals surface area contributed by atoms with Gasteiger partial charge in [0, 0.05) is 25.2 Å². The fourth-order valence-corrected chi connectivity index (χ4v) is 5.70. The number of methoxy groups -OCH3 is 1. The van der Waals surface area contributed by atoms with E-state index in [9.17, 15) is 9.90 Å². The van der Waals surface area contributed by atoms with E-state index in [0.717, 1.165) is 50.1 Å². The summed E-state index contributed by atoms with van der Waals surface area (Å²) in [6, 6.07) is 13.9. The van der Waals surface area contributed by atoms with Crippen LogP contribution in [0.3, 0.4) is 0 Å². The number of amides is 1. The second-order valence-electron chi connectivity index (χ2n) is 9.50. The fraction of sp³-hybridized carbons (Fsp3) is 0.464. The third-order valence-corrected chi connectivity index (χ3v) is 8.27. The largest absolute Gasteiger partial charge is 0.497 e. The van der Waals surface area contributed by atoms with Crippen molar-refractivity contribution in [1.82, 2.24) is 9.80 Å². The number of hydrogen-bond donors (Lipinski definition) is 1. The topological polar surface area (TPSA) is 53.0 Å². The van der Waals surface area contributed by atoms with Gasteiger partial charge in [-0.25, -0.2) is 0 Å². The third kappa shape index (κ3) is 6.59. The van der Waals surface area contributed by atoms with Gasteiger partial charge >= 0.3 is 0 Å². The van der Waals surface area contributed by atoms with E-state index in [-0.39, 0.29) is 18.6 Å². The molecule has 0 aliphatic carbocycles. The first-order valence-corrected chi connectivity index (χ1v) is 13.1. The molecule has 188 valence electrons. The first kappa shape index (κ1) is 26.0. The van der Waals surface area contributed by atoms with Crippen LogP contribution in [0.25, 0.3) is 6.08 Å². The summed E-state index contributed by atoms with van der Waals surface area (Å²) < 4.78 is 5.28. The van der Waals surface area contributed by atoms with Gasteiger partial charge in [-0.2, -0.15) is 0 Å². The summed E-state index contributed by atoms with van der Waals surface area (Å²) in [6.45, 7) is 3.59. The second-order valence-corrected chi connectivity index (χ2v) is 10.3. The van der Waals surface area contributed by atoms with E-state index in [1.165, 1.54) is 5.56 Å². The minimum atomic E-state index is 0.00961. The lowest BCUT2D eigenvalue weighted by Crippen LogP contribution is -2.50. The lowest BCUT2D eigenvalue weighted by atomic mass is 9.85. The van der Waals surface area contributed by atoms with Crippen LogP contribution in [-0.4, -0.2) is 66.8 Å². The highest BCUT2D eigenvalue weighted by Crippen LogP contribution is 2.33. The van der Waals surface area contributed by atoms with Gasteiger partial charge in [0.15, 0.2) is 0 Å². The summed E-state index contributed by atoms with van der Waals surface area (Å²) in [7, 11) is 1.69. The van der Waals surface area contributed by atoms with E-state index in [2.05, 4.69) is 17.0 Å². The Morgan fingerprint density at radius 1 is 1.03 bits per heavy atom. The number of aliphatic hydroxyl groups is 1. The van der Waals surface area contributed by atoms with Crippen LogP contribution >= 0.6 is 23.2 Å². The van der Waals surface area contributed by atoms with E-state index in [4.69, 9.17) is 27.9 Å². The highest BCUT2D eigenvalue weighted by atomic mass is 35.5. The molecule has 1 N–H and O–H groups in total. The molecule has 2 fully saturated rings. The zero-order valence-electron chi connectivity index (χ0n) is 20.2. The first-order chi connectivity index (χ1) is 17.0. The number of likely N-dealkylation sites (tertiary alicyclic amines) is 2. The summed E-state index contributed by atoms with van der Waals surface area (Å²) in [5.41, 5.74) is 2.22. The number of carbonyl (C=O) groups is 1. The molecule has 35 heavy (non-hydrogen) atoms. The van der Waals surface area contributed by atoms with E-state index in [0.29, 0.717) is 35.0 Å². The molecule has 1 unspecified atom stereocenters. The summed E-state index contributed by atoms with van der Waals surface area (Å²) in [4.78, 5) is 17.1. The van der Waals surface area contributed by atoms with Crippen LogP contribution in [0.2, 0.25) is 10.0 Å². The van der Waals surface area contributed by atoms with Crippen molar-refractivity contribution < 1.29 is 14.6 Å². The van der Waals surface area contributed by atoms with Gasteiger partial charge < -0.3 is 14.7 Å². The van der Waals surface area contributed by atoms with Crippen LogP contribution in [0.1, 0.15) is 42.7 Å². The van der Waals surface area contributed by atoms with E-state index in [1.807, 2.05) is 23.1 Å². The summed E-state index contributed by atoms with van der Waals surface area (Å²) in [6.07, 6.45) is 7.40. The van der Waals surface area contributed by atoms with Crippen molar-refractivity contribution in [2.45, 2.75) is 37.6 Å². The predicted molar refractivity (Wildman–Crippen MR) is 142 cm³/mol. The van der Waals surface area contributed by atoms with Gasteiger partial charge in [0.2, 0.25) is 5.91 Å². The molecular weight excluding hydrogens is 483 g/mol. The highest BCUT2D eigenvalue weighted by molar-refractivity contribution is 6.42. The van der Waals surface area contributed by atoms with Crippen molar-refractivity contribution in [3.05, 3.63) is 69.7 Å². The van der Waals surface area contributed by atoms with Crippen molar-refractivity contribution in [3.8, 4) is 5.75 Å². The average molecular weight is 517 g/mol. The normalized spacial score (nSPS) is 19.3. The maximum atomic E-state index is 12.7. The number of halogens is 2. The number of hydrogen-bond acceptors (Lipinski definition) is 4. The summed E-state index contributed by atoms with van der Waals surface area (Å²) >= 11 is 12.0. The number of ether oxygens (including phenoxy) is 1. The Hall–Kier alpha value is -2.05. The molecule has 0 radical (unpaired) electrons. The molecule has 2 aromatic carbocycles. The SMILES string of the molecule is COc1ccc(C2CCN(C(CO)C3CCN(C(=O)/C=C/c4ccc(Cl)c(Cl)c4)CC3)CC2)cc1.